The van der Waals surface area contributed by atoms with Crippen LogP contribution in [0.5, 0.6) is 0 Å². The third-order valence-electron chi connectivity index (χ3n) is 2.82. The summed E-state index contributed by atoms with van der Waals surface area (Å²) in [6.07, 6.45) is 0. The zero-order valence-electron chi connectivity index (χ0n) is 10.7. The maximum Gasteiger partial charge on any atom is 0.0900 e. The first-order valence-corrected chi connectivity index (χ1v) is 7.51. The summed E-state index contributed by atoms with van der Waals surface area (Å²) in [5.74, 6) is 0. The maximum atomic E-state index is 4.60. The van der Waals surface area contributed by atoms with Crippen molar-refractivity contribution in [3.05, 3.63) is 38.0 Å². The smallest absolute Gasteiger partial charge is 0.0900 e. The van der Waals surface area contributed by atoms with Crippen molar-refractivity contribution < 1.29 is 0 Å². The zero-order valence-corrected chi connectivity index (χ0v) is 12.3. The minimum atomic E-state index is 0.303. The molecular formula is C13H18N2S2. The molecule has 0 spiro atoms. The van der Waals surface area contributed by atoms with Crippen molar-refractivity contribution in [3.63, 3.8) is 0 Å². The van der Waals surface area contributed by atoms with E-state index >= 15 is 0 Å². The van der Waals surface area contributed by atoms with E-state index in [0.717, 1.165) is 5.01 Å². The Bertz CT molecular complexity index is 474. The summed E-state index contributed by atoms with van der Waals surface area (Å²) in [4.78, 5) is 7.30. The Hall–Kier alpha value is -0.710. The van der Waals surface area contributed by atoms with E-state index < -0.39 is 0 Å². The third-order valence-corrected chi connectivity index (χ3v) is 4.78. The molecular weight excluding hydrogens is 248 g/mol. The number of nitrogens with one attached hydrogen (secondary N) is 1. The van der Waals surface area contributed by atoms with E-state index in [1.165, 1.54) is 15.4 Å². The van der Waals surface area contributed by atoms with Crippen molar-refractivity contribution in [1.82, 2.24) is 10.3 Å². The van der Waals surface area contributed by atoms with Gasteiger partial charge in [-0.1, -0.05) is 6.07 Å². The lowest BCUT2D eigenvalue weighted by Gasteiger charge is -2.18. The lowest BCUT2D eigenvalue weighted by molar-refractivity contribution is 0.491. The summed E-state index contributed by atoms with van der Waals surface area (Å²) >= 11 is 3.57. The van der Waals surface area contributed by atoms with Crippen LogP contribution in [0.2, 0.25) is 0 Å². The Kier molecular flexibility index (Phi) is 3.97. The Morgan fingerprint density at radius 3 is 2.53 bits per heavy atom. The molecule has 0 aliphatic heterocycles. The van der Waals surface area contributed by atoms with Gasteiger partial charge in [0.25, 0.3) is 0 Å². The first-order valence-electron chi connectivity index (χ1n) is 5.81. The SMILES string of the molecule is Cc1nc(C(C)NC(C)c2cccs2)c(C)s1. The summed E-state index contributed by atoms with van der Waals surface area (Å²) < 4.78 is 0. The van der Waals surface area contributed by atoms with Crippen molar-refractivity contribution in [1.29, 1.82) is 0 Å². The number of rotatable bonds is 4. The Labute approximate surface area is 111 Å². The van der Waals surface area contributed by atoms with Crippen LogP contribution in [0, 0.1) is 13.8 Å². The molecule has 2 heterocycles. The van der Waals surface area contributed by atoms with Crippen molar-refractivity contribution in [2.45, 2.75) is 39.8 Å². The normalized spacial score (nSPS) is 14.8. The number of aromatic nitrogens is 1. The molecule has 2 aromatic heterocycles. The Balaban J connectivity index is 2.06. The van der Waals surface area contributed by atoms with Gasteiger partial charge in [-0.2, -0.15) is 0 Å². The largest absolute Gasteiger partial charge is 0.301 e. The van der Waals surface area contributed by atoms with Crippen molar-refractivity contribution in [2.75, 3.05) is 0 Å². The third kappa shape index (κ3) is 2.94. The predicted octanol–water partition coefficient (Wildman–Crippen LogP) is 4.23. The van der Waals surface area contributed by atoms with Gasteiger partial charge in [-0.05, 0) is 39.1 Å². The molecule has 17 heavy (non-hydrogen) atoms. The fraction of sp³-hybridized carbons (Fsp3) is 0.462. The number of thiophene rings is 1. The first-order chi connectivity index (χ1) is 8.08. The van der Waals surface area contributed by atoms with E-state index in [-0.39, 0.29) is 0 Å². The van der Waals surface area contributed by atoms with Crippen LogP contribution < -0.4 is 5.32 Å². The van der Waals surface area contributed by atoms with Crippen LogP contribution in [0.4, 0.5) is 0 Å². The van der Waals surface area contributed by atoms with Crippen LogP contribution in [-0.4, -0.2) is 4.98 Å². The van der Waals surface area contributed by atoms with E-state index in [9.17, 15) is 0 Å². The molecule has 0 aliphatic carbocycles. The van der Waals surface area contributed by atoms with Crippen LogP contribution in [0.15, 0.2) is 17.5 Å². The highest BCUT2D eigenvalue weighted by molar-refractivity contribution is 7.11. The van der Waals surface area contributed by atoms with Gasteiger partial charge >= 0.3 is 0 Å². The fourth-order valence-electron chi connectivity index (χ4n) is 2.02. The van der Waals surface area contributed by atoms with Gasteiger partial charge in [0.1, 0.15) is 0 Å². The summed E-state index contributed by atoms with van der Waals surface area (Å²) in [7, 11) is 0. The number of hydrogen-bond acceptors (Lipinski definition) is 4. The topological polar surface area (TPSA) is 24.9 Å². The molecule has 0 saturated carbocycles. The van der Waals surface area contributed by atoms with Gasteiger partial charge < -0.3 is 5.32 Å². The molecule has 1 N–H and O–H groups in total. The standard InChI is InChI=1S/C13H18N2S2/c1-8(12-6-5-7-16-12)14-9(2)13-10(3)17-11(4)15-13/h5-9,14H,1-4H3. The zero-order chi connectivity index (χ0) is 12.4. The number of nitrogens with zero attached hydrogens (tertiary/aromatic N) is 1. The van der Waals surface area contributed by atoms with Crippen LogP contribution >= 0.6 is 22.7 Å². The van der Waals surface area contributed by atoms with Crippen LogP contribution in [0.25, 0.3) is 0 Å². The highest BCUT2D eigenvalue weighted by Gasteiger charge is 2.16. The van der Waals surface area contributed by atoms with Crippen LogP contribution in [-0.2, 0) is 0 Å². The van der Waals surface area contributed by atoms with Gasteiger partial charge in [0, 0.05) is 21.8 Å². The second-order valence-corrected chi connectivity index (χ2v) is 6.69. The fourth-order valence-corrected chi connectivity index (χ4v) is 3.68. The van der Waals surface area contributed by atoms with Crippen molar-refractivity contribution in [3.8, 4) is 0 Å². The molecule has 2 rings (SSSR count). The summed E-state index contributed by atoms with van der Waals surface area (Å²) in [5, 5.41) is 6.88. The van der Waals surface area contributed by atoms with Crippen molar-refractivity contribution in [2.24, 2.45) is 0 Å². The average molecular weight is 266 g/mol. The van der Waals surface area contributed by atoms with Gasteiger partial charge in [0.05, 0.1) is 10.7 Å². The highest BCUT2D eigenvalue weighted by Crippen LogP contribution is 2.26. The molecule has 2 aromatic rings. The highest BCUT2D eigenvalue weighted by atomic mass is 32.1. The molecule has 0 amide bonds. The van der Waals surface area contributed by atoms with Crippen LogP contribution in [0.3, 0.4) is 0 Å². The molecule has 0 aliphatic rings. The molecule has 4 heteroatoms. The van der Waals surface area contributed by atoms with E-state index in [2.05, 4.69) is 55.5 Å². The predicted molar refractivity (Wildman–Crippen MR) is 75.9 cm³/mol. The van der Waals surface area contributed by atoms with Gasteiger partial charge in [0.2, 0.25) is 0 Å². The minimum Gasteiger partial charge on any atom is -0.301 e. The summed E-state index contributed by atoms with van der Waals surface area (Å²) in [5.41, 5.74) is 1.19. The molecule has 0 saturated heterocycles. The Morgan fingerprint density at radius 1 is 1.24 bits per heavy atom. The minimum absolute atomic E-state index is 0.303. The molecule has 0 bridgehead atoms. The van der Waals surface area contributed by atoms with E-state index in [1.54, 1.807) is 22.7 Å². The lowest BCUT2D eigenvalue weighted by atomic mass is 10.1. The second kappa shape index (κ2) is 5.29. The van der Waals surface area contributed by atoms with Gasteiger partial charge in [-0.25, -0.2) is 4.98 Å². The van der Waals surface area contributed by atoms with Gasteiger partial charge in [-0.3, -0.25) is 0 Å². The van der Waals surface area contributed by atoms with E-state index in [4.69, 9.17) is 0 Å². The summed E-state index contributed by atoms with van der Waals surface area (Å²) in [6.45, 7) is 8.60. The molecule has 0 aromatic carbocycles. The molecule has 2 atom stereocenters. The quantitative estimate of drug-likeness (QED) is 0.895. The average Bonchev–Trinajstić information content (AvgIpc) is 2.87. The first kappa shape index (κ1) is 12.7. The maximum absolute atomic E-state index is 4.60. The molecule has 2 nitrogen and oxygen atoms in total. The van der Waals surface area contributed by atoms with E-state index in [0.29, 0.717) is 12.1 Å². The molecule has 0 fully saturated rings. The number of thiazole rings is 1. The van der Waals surface area contributed by atoms with E-state index in [1.807, 2.05) is 0 Å². The molecule has 0 radical (unpaired) electrons. The van der Waals surface area contributed by atoms with Gasteiger partial charge in [-0.15, -0.1) is 22.7 Å². The molecule has 2 unspecified atom stereocenters. The van der Waals surface area contributed by atoms with Crippen molar-refractivity contribution >= 4 is 22.7 Å². The molecule has 92 valence electrons. The second-order valence-electron chi connectivity index (χ2n) is 4.30. The van der Waals surface area contributed by atoms with Gasteiger partial charge in [0.15, 0.2) is 0 Å². The lowest BCUT2D eigenvalue weighted by Crippen LogP contribution is -2.22. The number of hydrogen-bond donors (Lipinski definition) is 1. The Morgan fingerprint density at radius 2 is 2.00 bits per heavy atom. The summed E-state index contributed by atoms with van der Waals surface area (Å²) in [6, 6.07) is 4.96. The van der Waals surface area contributed by atoms with Crippen LogP contribution in [0.1, 0.15) is 46.4 Å². The monoisotopic (exact) mass is 266 g/mol. The number of aryl methyl sites for hydroxylation is 2.